The van der Waals surface area contributed by atoms with Crippen molar-refractivity contribution < 1.29 is 9.52 Å². The van der Waals surface area contributed by atoms with E-state index in [9.17, 15) is 9.90 Å². The van der Waals surface area contributed by atoms with Gasteiger partial charge in [-0.15, -0.1) is 5.10 Å². The first-order valence-electron chi connectivity index (χ1n) is 6.00. The molecule has 0 amide bonds. The quantitative estimate of drug-likeness (QED) is 0.871. The molecule has 1 heterocycles. The van der Waals surface area contributed by atoms with Gasteiger partial charge in [0, 0.05) is 6.42 Å². The highest BCUT2D eigenvalue weighted by atomic mass is 16.4. The highest BCUT2D eigenvalue weighted by molar-refractivity contribution is 5.16. The van der Waals surface area contributed by atoms with Crippen LogP contribution in [0.4, 0.5) is 0 Å². The summed E-state index contributed by atoms with van der Waals surface area (Å²) in [6.45, 7) is 2.09. The van der Waals surface area contributed by atoms with Gasteiger partial charge >= 0.3 is 5.76 Å². The molecule has 0 saturated carbocycles. The van der Waals surface area contributed by atoms with Crippen molar-refractivity contribution in [1.29, 1.82) is 0 Å². The fourth-order valence-electron chi connectivity index (χ4n) is 1.72. The van der Waals surface area contributed by atoms with Crippen molar-refractivity contribution in [3.8, 4) is 0 Å². The van der Waals surface area contributed by atoms with Crippen molar-refractivity contribution in [1.82, 2.24) is 9.78 Å². The monoisotopic (exact) mass is 248 g/mol. The second kappa shape index (κ2) is 5.64. The average molecular weight is 248 g/mol. The minimum absolute atomic E-state index is 0.107. The molecule has 0 saturated heterocycles. The molecular weight excluding hydrogens is 232 g/mol. The SMILES string of the molecule is CCCc1nn(CC(O)c2ccccc2)c(=O)o1. The Morgan fingerprint density at radius 3 is 2.78 bits per heavy atom. The van der Waals surface area contributed by atoms with Crippen LogP contribution in [0.25, 0.3) is 0 Å². The minimum atomic E-state index is -0.761. The van der Waals surface area contributed by atoms with E-state index in [1.807, 2.05) is 37.3 Å². The van der Waals surface area contributed by atoms with Gasteiger partial charge in [-0.25, -0.2) is 4.79 Å². The fraction of sp³-hybridized carbons (Fsp3) is 0.385. The first-order valence-corrected chi connectivity index (χ1v) is 6.00. The van der Waals surface area contributed by atoms with Crippen molar-refractivity contribution in [3.63, 3.8) is 0 Å². The third-order valence-corrected chi connectivity index (χ3v) is 2.64. The largest absolute Gasteiger partial charge is 0.437 e. The molecule has 0 spiro atoms. The van der Waals surface area contributed by atoms with Crippen LogP contribution < -0.4 is 5.76 Å². The van der Waals surface area contributed by atoms with E-state index in [0.717, 1.165) is 12.0 Å². The maximum Gasteiger partial charge on any atom is 0.437 e. The van der Waals surface area contributed by atoms with Gasteiger partial charge in [0.15, 0.2) is 0 Å². The zero-order chi connectivity index (χ0) is 13.0. The van der Waals surface area contributed by atoms with E-state index < -0.39 is 11.9 Å². The first-order chi connectivity index (χ1) is 8.70. The number of aliphatic hydroxyl groups is 1. The molecular formula is C13H16N2O3. The second-order valence-electron chi connectivity index (χ2n) is 4.12. The summed E-state index contributed by atoms with van der Waals surface area (Å²) in [5, 5.41) is 14.0. The second-order valence-corrected chi connectivity index (χ2v) is 4.12. The van der Waals surface area contributed by atoms with Crippen molar-refractivity contribution in [2.24, 2.45) is 0 Å². The molecule has 5 nitrogen and oxygen atoms in total. The van der Waals surface area contributed by atoms with Gasteiger partial charge in [0.2, 0.25) is 5.89 Å². The Labute approximate surface area is 105 Å². The molecule has 18 heavy (non-hydrogen) atoms. The fourth-order valence-corrected chi connectivity index (χ4v) is 1.72. The van der Waals surface area contributed by atoms with Crippen LogP contribution in [0.2, 0.25) is 0 Å². The summed E-state index contributed by atoms with van der Waals surface area (Å²) in [7, 11) is 0. The van der Waals surface area contributed by atoms with Gasteiger partial charge in [-0.1, -0.05) is 37.3 Å². The summed E-state index contributed by atoms with van der Waals surface area (Å²) >= 11 is 0. The molecule has 96 valence electrons. The van der Waals surface area contributed by atoms with Gasteiger partial charge in [-0.2, -0.15) is 4.68 Å². The summed E-state index contributed by atoms with van der Waals surface area (Å²) in [5.41, 5.74) is 0.754. The number of hydrogen-bond donors (Lipinski definition) is 1. The van der Waals surface area contributed by atoms with Crippen molar-refractivity contribution in [2.45, 2.75) is 32.4 Å². The summed E-state index contributed by atoms with van der Waals surface area (Å²) in [5.74, 6) is -0.101. The Kier molecular flexibility index (Phi) is 3.94. The van der Waals surface area contributed by atoms with Crippen LogP contribution in [0.1, 0.15) is 30.9 Å². The van der Waals surface area contributed by atoms with Crippen molar-refractivity contribution in [2.75, 3.05) is 0 Å². The third-order valence-electron chi connectivity index (χ3n) is 2.64. The maximum atomic E-state index is 11.5. The zero-order valence-corrected chi connectivity index (χ0v) is 10.2. The molecule has 1 N–H and O–H groups in total. The van der Waals surface area contributed by atoms with Crippen LogP contribution in [0.3, 0.4) is 0 Å². The molecule has 0 aliphatic carbocycles. The molecule has 0 bridgehead atoms. The standard InChI is InChI=1S/C13H16N2O3/c1-2-6-12-14-15(13(17)18-12)9-11(16)10-7-4-3-5-8-10/h3-5,7-8,11,16H,2,6,9H2,1H3. The predicted octanol–water partition coefficient (Wildman–Crippen LogP) is 1.52. The van der Waals surface area contributed by atoms with Gasteiger partial charge in [-0.3, -0.25) is 0 Å². The van der Waals surface area contributed by atoms with E-state index in [1.165, 1.54) is 4.68 Å². The van der Waals surface area contributed by atoms with Gasteiger partial charge in [-0.05, 0) is 12.0 Å². The molecule has 2 aromatic rings. The summed E-state index contributed by atoms with van der Waals surface area (Å²) in [6, 6.07) is 9.17. The van der Waals surface area contributed by atoms with Crippen LogP contribution in [-0.2, 0) is 13.0 Å². The predicted molar refractivity (Wildman–Crippen MR) is 66.2 cm³/mol. The number of aryl methyl sites for hydroxylation is 1. The molecule has 0 fully saturated rings. The third kappa shape index (κ3) is 2.87. The van der Waals surface area contributed by atoms with Gasteiger partial charge < -0.3 is 9.52 Å². The van der Waals surface area contributed by atoms with Crippen LogP contribution in [-0.4, -0.2) is 14.9 Å². The molecule has 0 aliphatic heterocycles. The molecule has 5 heteroatoms. The Hall–Kier alpha value is -1.88. The number of aromatic nitrogens is 2. The molecule has 2 rings (SSSR count). The number of hydrogen-bond acceptors (Lipinski definition) is 4. The van der Waals surface area contributed by atoms with Crippen molar-refractivity contribution >= 4 is 0 Å². The lowest BCUT2D eigenvalue weighted by atomic mass is 10.1. The minimum Gasteiger partial charge on any atom is -0.392 e. The Bertz CT molecular complexity index is 545. The molecule has 1 aromatic heterocycles. The van der Waals surface area contributed by atoms with E-state index in [4.69, 9.17) is 4.42 Å². The number of aliphatic hydroxyl groups excluding tert-OH is 1. The topological polar surface area (TPSA) is 68.3 Å². The number of benzene rings is 1. The van der Waals surface area contributed by atoms with Crippen molar-refractivity contribution in [3.05, 3.63) is 52.3 Å². The molecule has 1 aromatic carbocycles. The van der Waals surface area contributed by atoms with Crippen LogP contribution >= 0.6 is 0 Å². The molecule has 0 radical (unpaired) electrons. The van der Waals surface area contributed by atoms with E-state index in [2.05, 4.69) is 5.10 Å². The van der Waals surface area contributed by atoms with Crippen LogP contribution in [0, 0.1) is 0 Å². The summed E-state index contributed by atoms with van der Waals surface area (Å²) in [4.78, 5) is 11.5. The molecule has 0 aliphatic rings. The normalized spacial score (nSPS) is 12.6. The Morgan fingerprint density at radius 2 is 2.11 bits per heavy atom. The van der Waals surface area contributed by atoms with E-state index in [1.54, 1.807) is 0 Å². The van der Waals surface area contributed by atoms with E-state index >= 15 is 0 Å². The number of rotatable bonds is 5. The highest BCUT2D eigenvalue weighted by Crippen LogP contribution is 2.13. The summed E-state index contributed by atoms with van der Waals surface area (Å²) < 4.78 is 6.15. The lowest BCUT2D eigenvalue weighted by Crippen LogP contribution is -2.20. The average Bonchev–Trinajstić information content (AvgIpc) is 2.71. The molecule has 1 unspecified atom stereocenters. The van der Waals surface area contributed by atoms with Crippen LogP contribution in [0.15, 0.2) is 39.5 Å². The van der Waals surface area contributed by atoms with Crippen LogP contribution in [0.5, 0.6) is 0 Å². The first kappa shape index (κ1) is 12.6. The van der Waals surface area contributed by atoms with E-state index in [-0.39, 0.29) is 6.54 Å². The van der Waals surface area contributed by atoms with E-state index in [0.29, 0.717) is 12.3 Å². The lowest BCUT2D eigenvalue weighted by Gasteiger charge is -2.09. The number of nitrogens with zero attached hydrogens (tertiary/aromatic N) is 2. The Balaban J connectivity index is 2.12. The summed E-state index contributed by atoms with van der Waals surface area (Å²) in [6.07, 6.45) is 0.730. The van der Waals surface area contributed by atoms with Gasteiger partial charge in [0.1, 0.15) is 0 Å². The zero-order valence-electron chi connectivity index (χ0n) is 10.2. The lowest BCUT2D eigenvalue weighted by molar-refractivity contribution is 0.148. The van der Waals surface area contributed by atoms with Gasteiger partial charge in [0.05, 0.1) is 12.6 Å². The highest BCUT2D eigenvalue weighted by Gasteiger charge is 2.13. The van der Waals surface area contributed by atoms with Gasteiger partial charge in [0.25, 0.3) is 0 Å². The molecule has 1 atom stereocenters. The maximum absolute atomic E-state index is 11.5. The smallest absolute Gasteiger partial charge is 0.392 e. The Morgan fingerprint density at radius 1 is 1.39 bits per heavy atom.